The van der Waals surface area contributed by atoms with Crippen LogP contribution < -0.4 is 16.5 Å². The summed E-state index contributed by atoms with van der Waals surface area (Å²) in [6, 6.07) is 0. The third-order valence-electron chi connectivity index (χ3n) is 1.51. The van der Waals surface area contributed by atoms with Crippen LogP contribution in [0.1, 0.15) is 0 Å². The molecule has 0 spiro atoms. The Morgan fingerprint density at radius 2 is 2.31 bits per heavy atom. The lowest BCUT2D eigenvalue weighted by Crippen LogP contribution is -2.34. The van der Waals surface area contributed by atoms with Crippen molar-refractivity contribution in [3.8, 4) is 5.88 Å². The molecule has 0 aromatic carbocycles. The number of hydrogen-bond acceptors (Lipinski definition) is 5. The maximum Gasteiger partial charge on any atom is 0.327 e. The van der Waals surface area contributed by atoms with E-state index in [1.54, 1.807) is 0 Å². The fourth-order valence-corrected chi connectivity index (χ4v) is 0.874. The zero-order valence-corrected chi connectivity index (χ0v) is 7.20. The number of aromatic nitrogens is 2. The Hall–Kier alpha value is -1.47. The molecule has 5 N–H and O–H groups in total. The molecular weight excluding hydrogens is 176 g/mol. The minimum atomic E-state index is -0.500. The summed E-state index contributed by atoms with van der Waals surface area (Å²) in [7, 11) is 1.54. The minimum absolute atomic E-state index is 0.155. The van der Waals surface area contributed by atoms with Crippen molar-refractivity contribution in [3.63, 3.8) is 0 Å². The highest BCUT2D eigenvalue weighted by molar-refractivity contribution is 5.45. The molecule has 0 radical (unpaired) electrons. The summed E-state index contributed by atoms with van der Waals surface area (Å²) in [5.74, 6) is 5.38. The smallest absolute Gasteiger partial charge is 0.327 e. The third-order valence-corrected chi connectivity index (χ3v) is 1.51. The summed E-state index contributed by atoms with van der Waals surface area (Å²) in [6.45, 7) is 0.779. The van der Waals surface area contributed by atoms with E-state index in [0.717, 1.165) is 0 Å². The molecule has 74 valence electrons. The van der Waals surface area contributed by atoms with Crippen LogP contribution in [0.15, 0.2) is 4.79 Å². The molecule has 1 aromatic heterocycles. The molecule has 1 heterocycles. The van der Waals surface area contributed by atoms with E-state index < -0.39 is 5.69 Å². The molecular formula is C6H12N4O3. The second-order valence-electron chi connectivity index (χ2n) is 2.46. The molecule has 7 nitrogen and oxygen atoms in total. The Balaban J connectivity index is 2.70. The first kappa shape index (κ1) is 9.62. The van der Waals surface area contributed by atoms with Gasteiger partial charge in [0.2, 0.25) is 5.88 Å². The molecule has 7 heteroatoms. The van der Waals surface area contributed by atoms with Crippen LogP contribution in [0.5, 0.6) is 5.88 Å². The molecule has 13 heavy (non-hydrogen) atoms. The van der Waals surface area contributed by atoms with Crippen LogP contribution in [-0.2, 0) is 4.74 Å². The van der Waals surface area contributed by atoms with Gasteiger partial charge in [0, 0.05) is 7.11 Å². The number of aromatic amines is 2. The van der Waals surface area contributed by atoms with Crippen molar-refractivity contribution in [3.05, 3.63) is 10.5 Å². The largest absolute Gasteiger partial charge is 0.492 e. The molecule has 0 amide bonds. The molecule has 0 saturated carbocycles. The number of hydrazine groups is 1. The van der Waals surface area contributed by atoms with E-state index in [2.05, 4.69) is 9.97 Å². The number of nitrogens with two attached hydrogens (primary N) is 1. The van der Waals surface area contributed by atoms with E-state index in [1.165, 1.54) is 12.1 Å². The summed E-state index contributed by atoms with van der Waals surface area (Å²) >= 11 is 0. The van der Waals surface area contributed by atoms with Crippen molar-refractivity contribution < 1.29 is 9.84 Å². The molecule has 0 saturated heterocycles. The predicted molar refractivity (Wildman–Crippen MR) is 46.5 cm³/mol. The molecule has 0 atom stereocenters. The van der Waals surface area contributed by atoms with Crippen molar-refractivity contribution in [2.24, 2.45) is 5.84 Å². The van der Waals surface area contributed by atoms with E-state index in [1.807, 2.05) is 0 Å². The highest BCUT2D eigenvalue weighted by Crippen LogP contribution is 2.16. The lowest BCUT2D eigenvalue weighted by molar-refractivity contribution is 0.205. The maximum atomic E-state index is 10.7. The van der Waals surface area contributed by atoms with Crippen LogP contribution in [0.2, 0.25) is 0 Å². The second-order valence-corrected chi connectivity index (χ2v) is 2.46. The molecule has 0 aliphatic heterocycles. The number of ether oxygens (including phenoxy) is 1. The topological polar surface area (TPSA) is 107 Å². The van der Waals surface area contributed by atoms with Crippen LogP contribution in [0.4, 0.5) is 5.82 Å². The summed E-state index contributed by atoms with van der Waals surface area (Å²) < 4.78 is 4.78. The van der Waals surface area contributed by atoms with E-state index >= 15 is 0 Å². The molecule has 1 rings (SSSR count). The molecule has 0 bridgehead atoms. The highest BCUT2D eigenvalue weighted by Gasteiger charge is 2.10. The van der Waals surface area contributed by atoms with Gasteiger partial charge in [-0.3, -0.25) is 15.0 Å². The first-order valence-corrected chi connectivity index (χ1v) is 3.67. The first-order valence-electron chi connectivity index (χ1n) is 3.67. The number of nitrogens with zero attached hydrogens (tertiary/aromatic N) is 1. The van der Waals surface area contributed by atoms with Crippen molar-refractivity contribution in [2.75, 3.05) is 25.3 Å². The van der Waals surface area contributed by atoms with Gasteiger partial charge in [0.05, 0.1) is 13.2 Å². The van der Waals surface area contributed by atoms with Crippen LogP contribution in [0.3, 0.4) is 0 Å². The summed E-state index contributed by atoms with van der Waals surface area (Å²) in [4.78, 5) is 15.2. The Labute approximate surface area is 74.1 Å². The molecule has 0 fully saturated rings. The van der Waals surface area contributed by atoms with Crippen LogP contribution in [0, 0.1) is 0 Å². The zero-order valence-electron chi connectivity index (χ0n) is 7.20. The Morgan fingerprint density at radius 3 is 2.77 bits per heavy atom. The Morgan fingerprint density at radius 1 is 1.62 bits per heavy atom. The minimum Gasteiger partial charge on any atom is -0.492 e. The molecule has 1 aromatic rings. The highest BCUT2D eigenvalue weighted by atomic mass is 16.5. The average molecular weight is 188 g/mol. The van der Waals surface area contributed by atoms with Gasteiger partial charge in [-0.1, -0.05) is 0 Å². The quantitative estimate of drug-likeness (QED) is 0.348. The molecule has 0 unspecified atom stereocenters. The first-order chi connectivity index (χ1) is 6.15. The van der Waals surface area contributed by atoms with E-state index in [-0.39, 0.29) is 11.7 Å². The van der Waals surface area contributed by atoms with Gasteiger partial charge in [-0.15, -0.1) is 0 Å². The number of anilines is 1. The number of aromatic hydroxyl groups is 1. The number of H-pyrrole nitrogens is 2. The number of hydrogen-bond donors (Lipinski definition) is 4. The van der Waals surface area contributed by atoms with Gasteiger partial charge >= 0.3 is 5.69 Å². The van der Waals surface area contributed by atoms with Crippen molar-refractivity contribution >= 4 is 5.82 Å². The van der Waals surface area contributed by atoms with Gasteiger partial charge in [0.1, 0.15) is 0 Å². The summed E-state index contributed by atoms with van der Waals surface area (Å²) in [5, 5.41) is 10.3. The van der Waals surface area contributed by atoms with Gasteiger partial charge in [-0.05, 0) is 0 Å². The molecule has 0 aliphatic carbocycles. The number of imidazole rings is 1. The van der Waals surface area contributed by atoms with E-state index in [0.29, 0.717) is 13.2 Å². The van der Waals surface area contributed by atoms with E-state index in [4.69, 9.17) is 15.7 Å². The predicted octanol–water partition coefficient (Wildman–Crippen LogP) is -1.26. The van der Waals surface area contributed by atoms with Gasteiger partial charge in [0.25, 0.3) is 0 Å². The fourth-order valence-electron chi connectivity index (χ4n) is 0.874. The standard InChI is InChI=1S/C6H12N4O3/c1-13-3-2-10(7)4-5(11)9-6(12)8-4/h11H,2-3,7H2,1H3,(H2,8,9,12). The second kappa shape index (κ2) is 3.97. The monoisotopic (exact) mass is 188 g/mol. The lowest BCUT2D eigenvalue weighted by Gasteiger charge is -2.15. The number of methoxy groups -OCH3 is 1. The lowest BCUT2D eigenvalue weighted by atomic mass is 10.6. The fraction of sp³-hybridized carbons (Fsp3) is 0.500. The van der Waals surface area contributed by atoms with E-state index in [9.17, 15) is 4.79 Å². The SMILES string of the molecule is COCCN(N)c1[nH]c(=O)[nH]c1O. The normalized spacial score (nSPS) is 10.3. The Kier molecular flexibility index (Phi) is 2.93. The third kappa shape index (κ3) is 2.23. The van der Waals surface area contributed by atoms with Gasteiger partial charge in [-0.2, -0.15) is 0 Å². The van der Waals surface area contributed by atoms with Crippen molar-refractivity contribution in [1.29, 1.82) is 0 Å². The van der Waals surface area contributed by atoms with Gasteiger partial charge in [-0.25, -0.2) is 10.6 Å². The Bertz CT molecular complexity index is 318. The summed E-state index contributed by atoms with van der Waals surface area (Å²) in [6.07, 6.45) is 0. The zero-order chi connectivity index (χ0) is 9.84. The van der Waals surface area contributed by atoms with Gasteiger partial charge < -0.3 is 9.84 Å². The average Bonchev–Trinajstić information content (AvgIpc) is 2.41. The van der Waals surface area contributed by atoms with Crippen LogP contribution in [0.25, 0.3) is 0 Å². The van der Waals surface area contributed by atoms with Crippen LogP contribution in [-0.4, -0.2) is 35.3 Å². The number of nitrogens with one attached hydrogen (secondary N) is 2. The van der Waals surface area contributed by atoms with Crippen molar-refractivity contribution in [1.82, 2.24) is 9.97 Å². The molecule has 0 aliphatic rings. The van der Waals surface area contributed by atoms with Crippen molar-refractivity contribution in [2.45, 2.75) is 0 Å². The van der Waals surface area contributed by atoms with Crippen LogP contribution >= 0.6 is 0 Å². The summed E-state index contributed by atoms with van der Waals surface area (Å²) in [5.41, 5.74) is -0.500. The van der Waals surface area contributed by atoms with Gasteiger partial charge in [0.15, 0.2) is 5.82 Å². The maximum absolute atomic E-state index is 10.7. The number of rotatable bonds is 4.